The fraction of sp³-hybridized carbons (Fsp3) is 0.421. The lowest BCUT2D eigenvalue weighted by atomic mass is 10.1. The summed E-state index contributed by atoms with van der Waals surface area (Å²) in [7, 11) is 0. The molecule has 8 nitrogen and oxygen atoms in total. The van der Waals surface area contributed by atoms with E-state index in [-0.39, 0.29) is 31.9 Å². The number of hydrogen-bond donors (Lipinski definition) is 1. The van der Waals surface area contributed by atoms with Crippen LogP contribution in [0, 0.1) is 6.92 Å². The lowest BCUT2D eigenvalue weighted by molar-refractivity contribution is -0.138. The monoisotopic (exact) mass is 378 g/mol. The summed E-state index contributed by atoms with van der Waals surface area (Å²) in [4.78, 5) is 36.8. The average molecular weight is 378 g/mol. The van der Waals surface area contributed by atoms with Gasteiger partial charge in [-0.3, -0.25) is 10.2 Å². The minimum atomic E-state index is -0.588. The zero-order chi connectivity index (χ0) is 20.4. The van der Waals surface area contributed by atoms with Gasteiger partial charge in [0, 0.05) is 16.9 Å². The normalized spacial score (nSPS) is 9.93. The molecule has 0 aliphatic rings. The van der Waals surface area contributed by atoms with Crippen molar-refractivity contribution in [1.82, 2.24) is 0 Å². The van der Waals surface area contributed by atoms with E-state index in [9.17, 15) is 14.4 Å². The van der Waals surface area contributed by atoms with Gasteiger partial charge in [-0.1, -0.05) is 12.6 Å². The number of benzene rings is 1. The van der Waals surface area contributed by atoms with Crippen LogP contribution in [0.1, 0.15) is 26.3 Å². The number of aryl methyl sites for hydroxylation is 1. The molecule has 8 heteroatoms. The van der Waals surface area contributed by atoms with E-state index >= 15 is 0 Å². The van der Waals surface area contributed by atoms with Gasteiger partial charge >= 0.3 is 18.2 Å². The Hall–Kier alpha value is -3.03. The first-order valence-corrected chi connectivity index (χ1v) is 8.61. The standard InChI is InChI=1S/C19H26N2O6/c1-6-25-18(23)20-16-12-15(9-8-14(16)5)21(19(24)26-7-2)10-11-27-17(22)13(3)4/h8-9,12H,3,6-7,10-11H2,1-2,4-5H3,(H,20,23). The first-order valence-electron chi connectivity index (χ1n) is 8.61. The second-order valence-corrected chi connectivity index (χ2v) is 5.61. The number of carbonyl (C=O) groups is 3. The highest BCUT2D eigenvalue weighted by Crippen LogP contribution is 2.24. The number of hydrogen-bond acceptors (Lipinski definition) is 6. The van der Waals surface area contributed by atoms with Crippen molar-refractivity contribution in [2.75, 3.05) is 36.6 Å². The van der Waals surface area contributed by atoms with Crippen LogP contribution >= 0.6 is 0 Å². The summed E-state index contributed by atoms with van der Waals surface area (Å²) < 4.78 is 15.0. The highest BCUT2D eigenvalue weighted by Gasteiger charge is 2.19. The number of anilines is 2. The molecule has 1 aromatic carbocycles. The molecule has 2 amide bonds. The van der Waals surface area contributed by atoms with Crippen molar-refractivity contribution in [2.24, 2.45) is 0 Å². The van der Waals surface area contributed by atoms with Crippen molar-refractivity contribution in [2.45, 2.75) is 27.7 Å². The Labute approximate surface area is 159 Å². The summed E-state index contributed by atoms with van der Waals surface area (Å²) in [6, 6.07) is 5.09. The largest absolute Gasteiger partial charge is 0.460 e. The molecule has 0 aliphatic carbocycles. The molecular formula is C19H26N2O6. The molecule has 0 atom stereocenters. The van der Waals surface area contributed by atoms with Gasteiger partial charge in [0.25, 0.3) is 0 Å². The van der Waals surface area contributed by atoms with Crippen LogP contribution in [-0.2, 0) is 19.0 Å². The smallest absolute Gasteiger partial charge is 0.414 e. The first kappa shape index (κ1) is 22.0. The number of carbonyl (C=O) groups excluding carboxylic acids is 3. The lowest BCUT2D eigenvalue weighted by Gasteiger charge is -2.23. The van der Waals surface area contributed by atoms with E-state index in [4.69, 9.17) is 14.2 Å². The van der Waals surface area contributed by atoms with Gasteiger partial charge in [0.15, 0.2) is 0 Å². The number of rotatable bonds is 8. The van der Waals surface area contributed by atoms with Gasteiger partial charge in [0.2, 0.25) is 0 Å². The molecule has 0 aliphatic heterocycles. The van der Waals surface area contributed by atoms with Crippen LogP contribution in [0.25, 0.3) is 0 Å². The van der Waals surface area contributed by atoms with E-state index in [1.807, 2.05) is 6.92 Å². The fourth-order valence-electron chi connectivity index (χ4n) is 2.07. The highest BCUT2D eigenvalue weighted by atomic mass is 16.6. The van der Waals surface area contributed by atoms with Gasteiger partial charge in [-0.2, -0.15) is 0 Å². The average Bonchev–Trinajstić information content (AvgIpc) is 2.61. The molecule has 0 bridgehead atoms. The van der Waals surface area contributed by atoms with Crippen LogP contribution in [0.15, 0.2) is 30.4 Å². The minimum absolute atomic E-state index is 0.0287. The maximum absolute atomic E-state index is 12.3. The predicted octanol–water partition coefficient (Wildman–Crippen LogP) is 3.65. The number of nitrogens with one attached hydrogen (secondary N) is 1. The van der Waals surface area contributed by atoms with Crippen molar-refractivity contribution in [3.63, 3.8) is 0 Å². The summed E-state index contributed by atoms with van der Waals surface area (Å²) in [5, 5.41) is 2.63. The quantitative estimate of drug-likeness (QED) is 0.422. The topological polar surface area (TPSA) is 94.2 Å². The molecule has 27 heavy (non-hydrogen) atoms. The third-order valence-electron chi connectivity index (χ3n) is 3.43. The molecule has 0 unspecified atom stereocenters. The van der Waals surface area contributed by atoms with E-state index < -0.39 is 18.2 Å². The Kier molecular flexibility index (Phi) is 8.84. The van der Waals surface area contributed by atoms with Gasteiger partial charge in [-0.05, 0) is 45.4 Å². The number of nitrogens with zero attached hydrogens (tertiary/aromatic N) is 1. The van der Waals surface area contributed by atoms with Crippen molar-refractivity contribution < 1.29 is 28.6 Å². The van der Waals surface area contributed by atoms with Crippen molar-refractivity contribution in [1.29, 1.82) is 0 Å². The summed E-state index contributed by atoms with van der Waals surface area (Å²) in [6.45, 7) is 10.8. The van der Waals surface area contributed by atoms with Crippen LogP contribution in [0.4, 0.5) is 21.0 Å². The maximum atomic E-state index is 12.3. The van der Waals surface area contributed by atoms with Crippen LogP contribution < -0.4 is 10.2 Å². The van der Waals surface area contributed by atoms with Crippen molar-refractivity contribution >= 4 is 29.5 Å². The summed E-state index contributed by atoms with van der Waals surface area (Å²) in [5.41, 5.74) is 2.05. The summed E-state index contributed by atoms with van der Waals surface area (Å²) >= 11 is 0. The highest BCUT2D eigenvalue weighted by molar-refractivity contribution is 5.91. The third kappa shape index (κ3) is 7.01. The molecule has 0 fully saturated rings. The number of esters is 1. The Bertz CT molecular complexity index is 701. The van der Waals surface area contributed by atoms with Gasteiger partial charge in [0.1, 0.15) is 6.61 Å². The van der Waals surface area contributed by atoms with Crippen LogP contribution in [-0.4, -0.2) is 44.5 Å². The zero-order valence-electron chi connectivity index (χ0n) is 16.2. The second kappa shape index (κ2) is 10.8. The second-order valence-electron chi connectivity index (χ2n) is 5.61. The Morgan fingerprint density at radius 1 is 1.11 bits per heavy atom. The third-order valence-corrected chi connectivity index (χ3v) is 3.43. The van der Waals surface area contributed by atoms with Crippen LogP contribution in [0.2, 0.25) is 0 Å². The summed E-state index contributed by atoms with van der Waals surface area (Å²) in [6.07, 6.45) is -1.18. The summed E-state index contributed by atoms with van der Waals surface area (Å²) in [5.74, 6) is -0.535. The molecule has 148 valence electrons. The molecule has 0 spiro atoms. The lowest BCUT2D eigenvalue weighted by Crippen LogP contribution is -2.35. The zero-order valence-corrected chi connectivity index (χ0v) is 16.2. The molecule has 0 aromatic heterocycles. The molecule has 0 radical (unpaired) electrons. The fourth-order valence-corrected chi connectivity index (χ4v) is 2.07. The maximum Gasteiger partial charge on any atom is 0.414 e. The van der Waals surface area contributed by atoms with Crippen molar-refractivity contribution in [3.05, 3.63) is 35.9 Å². The van der Waals surface area contributed by atoms with E-state index in [0.29, 0.717) is 11.4 Å². The van der Waals surface area contributed by atoms with Crippen molar-refractivity contribution in [3.8, 4) is 0 Å². The van der Waals surface area contributed by atoms with Gasteiger partial charge < -0.3 is 14.2 Å². The van der Waals surface area contributed by atoms with Gasteiger partial charge in [-0.15, -0.1) is 0 Å². The molecule has 0 saturated carbocycles. The number of ether oxygens (including phenoxy) is 3. The van der Waals surface area contributed by atoms with Crippen LogP contribution in [0.3, 0.4) is 0 Å². The molecule has 1 aromatic rings. The molecule has 0 saturated heterocycles. The minimum Gasteiger partial charge on any atom is -0.460 e. The Morgan fingerprint density at radius 3 is 2.37 bits per heavy atom. The predicted molar refractivity (Wildman–Crippen MR) is 102 cm³/mol. The molecule has 1 N–H and O–H groups in total. The van der Waals surface area contributed by atoms with E-state index in [2.05, 4.69) is 11.9 Å². The first-order chi connectivity index (χ1) is 12.8. The Balaban J connectivity index is 2.99. The van der Waals surface area contributed by atoms with E-state index in [0.717, 1.165) is 5.56 Å². The molecule has 1 rings (SSSR count). The van der Waals surface area contributed by atoms with Gasteiger partial charge in [-0.25, -0.2) is 14.4 Å². The molecule has 0 heterocycles. The Morgan fingerprint density at radius 2 is 1.78 bits per heavy atom. The molecular weight excluding hydrogens is 352 g/mol. The SMILES string of the molecule is C=C(C)C(=O)OCCN(C(=O)OCC)c1ccc(C)c(NC(=O)OCC)c1. The van der Waals surface area contributed by atoms with E-state index in [1.165, 1.54) is 4.90 Å². The van der Waals surface area contributed by atoms with E-state index in [1.54, 1.807) is 39.0 Å². The van der Waals surface area contributed by atoms with Gasteiger partial charge in [0.05, 0.1) is 19.8 Å². The number of amides is 2. The van der Waals surface area contributed by atoms with Crippen LogP contribution in [0.5, 0.6) is 0 Å².